The van der Waals surface area contributed by atoms with Crippen molar-refractivity contribution < 1.29 is 18.0 Å². The molecule has 0 N–H and O–H groups in total. The van der Waals surface area contributed by atoms with Crippen molar-refractivity contribution >= 4 is 28.4 Å². The second-order valence-corrected chi connectivity index (χ2v) is 4.68. The van der Waals surface area contributed by atoms with Gasteiger partial charge in [0.25, 0.3) is 0 Å². The zero-order valence-corrected chi connectivity index (χ0v) is 10.2. The van der Waals surface area contributed by atoms with Gasteiger partial charge in [-0.05, 0) is 6.42 Å². The van der Waals surface area contributed by atoms with E-state index in [1.165, 1.54) is 0 Å². The third-order valence-electron chi connectivity index (χ3n) is 1.88. The van der Waals surface area contributed by atoms with Crippen molar-refractivity contribution in [2.45, 2.75) is 49.1 Å². The molecule has 0 aromatic rings. The molecule has 0 amide bonds. The number of ketones is 1. The molecule has 84 valence electrons. The SMILES string of the molecule is CCCCCCC(I)C(=O)C(F)(F)F. The summed E-state index contributed by atoms with van der Waals surface area (Å²) in [7, 11) is 0. The Bertz CT molecular complexity index is 179. The average molecular weight is 322 g/mol. The molecule has 0 aromatic heterocycles. The fourth-order valence-electron chi connectivity index (χ4n) is 1.06. The predicted molar refractivity (Wildman–Crippen MR) is 57.6 cm³/mol. The number of Topliss-reactive ketones (excluding diaryl/α,β-unsaturated/α-hetero) is 1. The molecule has 0 fully saturated rings. The molecule has 0 aliphatic heterocycles. The Morgan fingerprint density at radius 2 is 1.86 bits per heavy atom. The fraction of sp³-hybridized carbons (Fsp3) is 0.889. The smallest absolute Gasteiger partial charge is 0.288 e. The number of carbonyl (C=O) groups is 1. The van der Waals surface area contributed by atoms with Gasteiger partial charge < -0.3 is 0 Å². The number of hydrogen-bond acceptors (Lipinski definition) is 1. The van der Waals surface area contributed by atoms with E-state index in [4.69, 9.17) is 0 Å². The first-order chi connectivity index (χ1) is 6.39. The summed E-state index contributed by atoms with van der Waals surface area (Å²) in [5, 5.41) is 0. The highest BCUT2D eigenvalue weighted by atomic mass is 127. The second-order valence-electron chi connectivity index (χ2n) is 3.18. The molecule has 0 heterocycles. The summed E-state index contributed by atoms with van der Waals surface area (Å²) < 4.78 is 34.8. The Kier molecular flexibility index (Phi) is 6.72. The normalized spacial score (nSPS) is 14.1. The summed E-state index contributed by atoms with van der Waals surface area (Å²) in [4.78, 5) is 10.7. The largest absolute Gasteiger partial charge is 0.451 e. The van der Waals surface area contributed by atoms with Crippen LogP contribution in [0.4, 0.5) is 13.2 Å². The standard InChI is InChI=1S/C9H14F3IO/c1-2-3-4-5-6-7(13)8(14)9(10,11)12/h7H,2-6H2,1H3. The Balaban J connectivity index is 3.74. The van der Waals surface area contributed by atoms with Crippen LogP contribution in [0.2, 0.25) is 0 Å². The van der Waals surface area contributed by atoms with Crippen LogP contribution in [-0.2, 0) is 4.79 Å². The Morgan fingerprint density at radius 3 is 2.29 bits per heavy atom. The molecule has 0 rings (SSSR count). The summed E-state index contributed by atoms with van der Waals surface area (Å²) in [6.45, 7) is 2.03. The number of carbonyl (C=O) groups excluding carboxylic acids is 1. The first kappa shape index (κ1) is 14.2. The monoisotopic (exact) mass is 322 g/mol. The highest BCUT2D eigenvalue weighted by molar-refractivity contribution is 14.1. The minimum Gasteiger partial charge on any atom is -0.288 e. The van der Waals surface area contributed by atoms with Crippen LogP contribution in [0, 0.1) is 0 Å². The Labute approximate surface area is 95.6 Å². The zero-order chi connectivity index (χ0) is 11.2. The van der Waals surface area contributed by atoms with Crippen LogP contribution in [0.15, 0.2) is 0 Å². The average Bonchev–Trinajstić information content (AvgIpc) is 2.09. The molecular formula is C9H14F3IO. The maximum atomic E-state index is 11.9. The van der Waals surface area contributed by atoms with E-state index < -0.39 is 15.9 Å². The van der Waals surface area contributed by atoms with Crippen LogP contribution in [0.5, 0.6) is 0 Å². The van der Waals surface area contributed by atoms with Crippen molar-refractivity contribution in [3.63, 3.8) is 0 Å². The molecule has 0 spiro atoms. The van der Waals surface area contributed by atoms with Crippen molar-refractivity contribution in [3.8, 4) is 0 Å². The lowest BCUT2D eigenvalue weighted by atomic mass is 10.1. The second kappa shape index (κ2) is 6.63. The topological polar surface area (TPSA) is 17.1 Å². The molecular weight excluding hydrogens is 308 g/mol. The van der Waals surface area contributed by atoms with Gasteiger partial charge in [-0.1, -0.05) is 55.2 Å². The van der Waals surface area contributed by atoms with Crippen molar-refractivity contribution in [2.24, 2.45) is 0 Å². The van der Waals surface area contributed by atoms with Gasteiger partial charge in [0.1, 0.15) is 0 Å². The van der Waals surface area contributed by atoms with Crippen molar-refractivity contribution in [2.75, 3.05) is 0 Å². The number of unbranched alkanes of at least 4 members (excludes halogenated alkanes) is 3. The molecule has 1 atom stereocenters. The third-order valence-corrected chi connectivity index (χ3v) is 3.06. The van der Waals surface area contributed by atoms with E-state index in [2.05, 4.69) is 0 Å². The van der Waals surface area contributed by atoms with Crippen molar-refractivity contribution in [1.29, 1.82) is 0 Å². The van der Waals surface area contributed by atoms with Gasteiger partial charge in [-0.3, -0.25) is 4.79 Å². The van der Waals surface area contributed by atoms with E-state index in [9.17, 15) is 18.0 Å². The zero-order valence-electron chi connectivity index (χ0n) is 8.03. The molecule has 0 saturated heterocycles. The lowest BCUT2D eigenvalue weighted by Gasteiger charge is -2.10. The van der Waals surface area contributed by atoms with Gasteiger partial charge in [-0.25, -0.2) is 0 Å². The number of rotatable bonds is 6. The number of hydrogen-bond donors (Lipinski definition) is 0. The van der Waals surface area contributed by atoms with Crippen molar-refractivity contribution in [1.82, 2.24) is 0 Å². The van der Waals surface area contributed by atoms with E-state index >= 15 is 0 Å². The lowest BCUT2D eigenvalue weighted by Crippen LogP contribution is -2.30. The molecule has 0 aromatic carbocycles. The van der Waals surface area contributed by atoms with Crippen LogP contribution >= 0.6 is 22.6 Å². The Morgan fingerprint density at radius 1 is 1.29 bits per heavy atom. The minimum absolute atomic E-state index is 0.332. The molecule has 0 radical (unpaired) electrons. The molecule has 1 unspecified atom stereocenters. The Hall–Kier alpha value is 0.190. The predicted octanol–water partition coefficient (Wildman–Crippen LogP) is 3.89. The van der Waals surface area contributed by atoms with E-state index in [0.29, 0.717) is 12.8 Å². The van der Waals surface area contributed by atoms with E-state index in [1.807, 2.05) is 6.92 Å². The van der Waals surface area contributed by atoms with Gasteiger partial charge in [-0.2, -0.15) is 13.2 Å². The number of alkyl halides is 4. The molecule has 14 heavy (non-hydrogen) atoms. The molecule has 0 saturated carbocycles. The summed E-state index contributed by atoms with van der Waals surface area (Å²) in [6.07, 6.45) is -0.678. The van der Waals surface area contributed by atoms with Gasteiger partial charge >= 0.3 is 6.18 Å². The molecule has 0 aliphatic carbocycles. The molecule has 5 heteroatoms. The first-order valence-corrected chi connectivity index (χ1v) is 5.89. The number of halogens is 4. The first-order valence-electron chi connectivity index (χ1n) is 4.64. The summed E-state index contributed by atoms with van der Waals surface area (Å²) in [5.41, 5.74) is 0. The van der Waals surface area contributed by atoms with E-state index in [0.717, 1.165) is 19.3 Å². The summed E-state index contributed by atoms with van der Waals surface area (Å²) >= 11 is 1.58. The van der Waals surface area contributed by atoms with Gasteiger partial charge in [0.2, 0.25) is 5.78 Å². The highest BCUT2D eigenvalue weighted by Crippen LogP contribution is 2.24. The summed E-state index contributed by atoms with van der Waals surface area (Å²) in [5.74, 6) is -1.60. The van der Waals surface area contributed by atoms with Gasteiger partial charge in [-0.15, -0.1) is 0 Å². The lowest BCUT2D eigenvalue weighted by molar-refractivity contribution is -0.170. The van der Waals surface area contributed by atoms with Crippen LogP contribution < -0.4 is 0 Å². The van der Waals surface area contributed by atoms with Crippen LogP contribution in [0.3, 0.4) is 0 Å². The quantitative estimate of drug-likeness (QED) is 0.412. The highest BCUT2D eigenvalue weighted by Gasteiger charge is 2.41. The maximum absolute atomic E-state index is 11.9. The van der Waals surface area contributed by atoms with Crippen LogP contribution in [0.1, 0.15) is 39.0 Å². The van der Waals surface area contributed by atoms with Gasteiger partial charge in [0.05, 0.1) is 3.92 Å². The van der Waals surface area contributed by atoms with Gasteiger partial charge in [0.15, 0.2) is 0 Å². The molecule has 1 nitrogen and oxygen atoms in total. The van der Waals surface area contributed by atoms with Crippen LogP contribution in [-0.4, -0.2) is 15.9 Å². The van der Waals surface area contributed by atoms with Gasteiger partial charge in [0, 0.05) is 0 Å². The minimum atomic E-state index is -4.67. The fourth-order valence-corrected chi connectivity index (χ4v) is 1.85. The van der Waals surface area contributed by atoms with E-state index in [1.54, 1.807) is 22.6 Å². The maximum Gasteiger partial charge on any atom is 0.451 e. The van der Waals surface area contributed by atoms with E-state index in [-0.39, 0.29) is 0 Å². The molecule has 0 bridgehead atoms. The van der Waals surface area contributed by atoms with Crippen LogP contribution in [0.25, 0.3) is 0 Å². The third kappa shape index (κ3) is 5.82. The summed E-state index contributed by atoms with van der Waals surface area (Å²) in [6, 6.07) is 0. The molecule has 0 aliphatic rings. The van der Waals surface area contributed by atoms with Crippen molar-refractivity contribution in [3.05, 3.63) is 0 Å².